The van der Waals surface area contributed by atoms with Crippen LogP contribution in [0.5, 0.6) is 5.75 Å². The van der Waals surface area contributed by atoms with Gasteiger partial charge in [-0.3, -0.25) is 20.4 Å². The van der Waals surface area contributed by atoms with Crippen LogP contribution in [0.25, 0.3) is 0 Å². The number of aryl methyl sites for hydroxylation is 2. The normalized spacial score (nSPS) is 11.9. The number of furan rings is 1. The second-order valence-electron chi connectivity index (χ2n) is 6.27. The molecule has 6 nitrogen and oxygen atoms in total. The van der Waals surface area contributed by atoms with Crippen molar-refractivity contribution in [2.24, 2.45) is 0 Å². The number of benzene rings is 1. The number of carbonyl (C=O) groups is 2. The predicted octanol–water partition coefficient (Wildman–Crippen LogP) is 3.25. The molecule has 6 heteroatoms. The van der Waals surface area contributed by atoms with Gasteiger partial charge in [-0.05, 0) is 56.0 Å². The van der Waals surface area contributed by atoms with Crippen molar-refractivity contribution >= 4 is 11.8 Å². The van der Waals surface area contributed by atoms with Crippen molar-refractivity contribution < 1.29 is 18.7 Å². The molecule has 2 amide bonds. The molecule has 0 saturated heterocycles. The molecule has 1 unspecified atom stereocenters. The van der Waals surface area contributed by atoms with Crippen LogP contribution in [0.4, 0.5) is 0 Å². The lowest BCUT2D eigenvalue weighted by Crippen LogP contribution is -2.47. The Morgan fingerprint density at radius 1 is 1.08 bits per heavy atom. The number of rotatable bonds is 5. The van der Waals surface area contributed by atoms with Crippen LogP contribution >= 0.6 is 0 Å². The average molecular weight is 344 g/mol. The molecule has 1 aromatic heterocycles. The Morgan fingerprint density at radius 2 is 1.80 bits per heavy atom. The van der Waals surface area contributed by atoms with Crippen molar-refractivity contribution in [3.63, 3.8) is 0 Å². The van der Waals surface area contributed by atoms with Crippen molar-refractivity contribution in [2.75, 3.05) is 0 Å². The monoisotopic (exact) mass is 344 g/mol. The molecular weight excluding hydrogens is 320 g/mol. The van der Waals surface area contributed by atoms with E-state index in [0.29, 0.717) is 23.0 Å². The molecule has 0 bridgehead atoms. The first-order chi connectivity index (χ1) is 11.8. The second-order valence-corrected chi connectivity index (χ2v) is 6.27. The number of hydrogen-bond acceptors (Lipinski definition) is 4. The number of ether oxygens (including phenoxy) is 1. The molecule has 0 aliphatic carbocycles. The summed E-state index contributed by atoms with van der Waals surface area (Å²) in [5.41, 5.74) is 7.43. The van der Waals surface area contributed by atoms with Crippen LogP contribution in [0, 0.1) is 13.8 Å². The molecule has 0 spiro atoms. The average Bonchev–Trinajstić information content (AvgIpc) is 2.98. The maximum atomic E-state index is 12.1. The van der Waals surface area contributed by atoms with E-state index >= 15 is 0 Å². The first-order valence-corrected chi connectivity index (χ1v) is 8.21. The van der Waals surface area contributed by atoms with E-state index in [1.807, 2.05) is 25.1 Å². The summed E-state index contributed by atoms with van der Waals surface area (Å²) in [6, 6.07) is 7.30. The molecule has 0 aliphatic heterocycles. The third-order valence-corrected chi connectivity index (χ3v) is 3.95. The Labute approximate surface area is 147 Å². The summed E-state index contributed by atoms with van der Waals surface area (Å²) in [5, 5.41) is 0. The number of hydrazine groups is 1. The van der Waals surface area contributed by atoms with Crippen LogP contribution in [0.15, 0.2) is 34.9 Å². The third-order valence-electron chi connectivity index (χ3n) is 3.95. The second kappa shape index (κ2) is 7.88. The van der Waals surface area contributed by atoms with E-state index in [2.05, 4.69) is 24.7 Å². The highest BCUT2D eigenvalue weighted by Gasteiger charge is 2.17. The lowest BCUT2D eigenvalue weighted by atomic mass is 9.98. The molecule has 2 N–H and O–H groups in total. The molecule has 1 atom stereocenters. The number of hydrogen-bond donors (Lipinski definition) is 2. The van der Waals surface area contributed by atoms with Gasteiger partial charge >= 0.3 is 0 Å². The summed E-state index contributed by atoms with van der Waals surface area (Å²) in [7, 11) is 0. The van der Waals surface area contributed by atoms with Crippen molar-refractivity contribution in [1.29, 1.82) is 0 Å². The highest BCUT2D eigenvalue weighted by molar-refractivity contribution is 5.96. The fourth-order valence-electron chi connectivity index (χ4n) is 2.53. The first kappa shape index (κ1) is 18.6. The molecule has 1 aromatic carbocycles. The zero-order valence-electron chi connectivity index (χ0n) is 15.2. The summed E-state index contributed by atoms with van der Waals surface area (Å²) in [6.45, 7) is 9.56. The van der Waals surface area contributed by atoms with Gasteiger partial charge in [-0.15, -0.1) is 0 Å². The van der Waals surface area contributed by atoms with Crippen LogP contribution in [-0.4, -0.2) is 17.9 Å². The summed E-state index contributed by atoms with van der Waals surface area (Å²) in [5.74, 6) is 0.638. The topological polar surface area (TPSA) is 80.6 Å². The molecule has 2 rings (SSSR count). The van der Waals surface area contributed by atoms with Crippen LogP contribution < -0.4 is 15.6 Å². The molecule has 25 heavy (non-hydrogen) atoms. The van der Waals surface area contributed by atoms with Crippen LogP contribution in [0.1, 0.15) is 53.9 Å². The maximum Gasteiger partial charge on any atom is 0.279 e. The zero-order valence-corrected chi connectivity index (χ0v) is 15.2. The highest BCUT2D eigenvalue weighted by Crippen LogP contribution is 2.24. The van der Waals surface area contributed by atoms with Crippen LogP contribution in [0.2, 0.25) is 0 Å². The minimum Gasteiger partial charge on any atom is -0.481 e. The van der Waals surface area contributed by atoms with Gasteiger partial charge < -0.3 is 9.15 Å². The van der Waals surface area contributed by atoms with Gasteiger partial charge in [0, 0.05) is 0 Å². The van der Waals surface area contributed by atoms with E-state index in [-0.39, 0.29) is 0 Å². The van der Waals surface area contributed by atoms with Gasteiger partial charge in [0.25, 0.3) is 11.8 Å². The van der Waals surface area contributed by atoms with Gasteiger partial charge in [-0.1, -0.05) is 19.9 Å². The third kappa shape index (κ3) is 4.62. The molecular formula is C19H24N2O4. The number of amides is 2. The summed E-state index contributed by atoms with van der Waals surface area (Å²) < 4.78 is 10.7. The summed E-state index contributed by atoms with van der Waals surface area (Å²) in [4.78, 5) is 24.0. The quantitative estimate of drug-likeness (QED) is 0.816. The lowest BCUT2D eigenvalue weighted by Gasteiger charge is -2.17. The number of carbonyl (C=O) groups excluding carboxylic acids is 2. The van der Waals surface area contributed by atoms with Gasteiger partial charge in [-0.2, -0.15) is 0 Å². The van der Waals surface area contributed by atoms with Crippen molar-refractivity contribution in [3.05, 3.63) is 53.0 Å². The van der Waals surface area contributed by atoms with E-state index in [1.54, 1.807) is 13.8 Å². The van der Waals surface area contributed by atoms with Crippen molar-refractivity contribution in [1.82, 2.24) is 10.9 Å². The summed E-state index contributed by atoms with van der Waals surface area (Å²) in [6.07, 6.45) is 0.663. The Hall–Kier alpha value is -2.76. The smallest absolute Gasteiger partial charge is 0.279 e. The Kier molecular flexibility index (Phi) is 5.85. The molecule has 2 aromatic rings. The van der Waals surface area contributed by atoms with E-state index in [9.17, 15) is 9.59 Å². The molecule has 0 saturated carbocycles. The first-order valence-electron chi connectivity index (χ1n) is 8.21. The maximum absolute atomic E-state index is 12.1. The molecule has 0 aliphatic rings. The summed E-state index contributed by atoms with van der Waals surface area (Å²) >= 11 is 0. The SMILES string of the molecule is Cc1cc(OC(C)C(=O)NNC(=O)c2ccoc2C)ccc1C(C)C. The molecule has 1 heterocycles. The van der Waals surface area contributed by atoms with Gasteiger partial charge in [0.2, 0.25) is 0 Å². The standard InChI is InChI=1S/C19H24N2O4/c1-11(2)16-7-6-15(10-12(16)3)25-14(5)18(22)20-21-19(23)17-8-9-24-13(17)4/h6-11,14H,1-5H3,(H,20,22)(H,21,23). The largest absolute Gasteiger partial charge is 0.481 e. The number of nitrogens with one attached hydrogen (secondary N) is 2. The van der Waals surface area contributed by atoms with Gasteiger partial charge in [0.15, 0.2) is 6.10 Å². The van der Waals surface area contributed by atoms with Crippen molar-refractivity contribution in [3.8, 4) is 5.75 Å². The Balaban J connectivity index is 1.91. The Morgan fingerprint density at radius 3 is 2.36 bits per heavy atom. The predicted molar refractivity (Wildman–Crippen MR) is 94.4 cm³/mol. The molecule has 134 valence electrons. The van der Waals surface area contributed by atoms with E-state index in [0.717, 1.165) is 5.56 Å². The Bertz CT molecular complexity index is 765. The van der Waals surface area contributed by atoms with Crippen LogP contribution in [0.3, 0.4) is 0 Å². The van der Waals surface area contributed by atoms with E-state index in [4.69, 9.17) is 9.15 Å². The fraction of sp³-hybridized carbons (Fsp3) is 0.368. The minimum absolute atomic E-state index is 0.369. The van der Waals surface area contributed by atoms with Crippen LogP contribution in [-0.2, 0) is 4.79 Å². The zero-order chi connectivity index (χ0) is 18.6. The van der Waals surface area contributed by atoms with E-state index < -0.39 is 17.9 Å². The minimum atomic E-state index is -0.755. The lowest BCUT2D eigenvalue weighted by molar-refractivity contribution is -0.128. The van der Waals surface area contributed by atoms with E-state index in [1.165, 1.54) is 17.9 Å². The molecule has 0 fully saturated rings. The van der Waals surface area contributed by atoms with Gasteiger partial charge in [0.05, 0.1) is 11.8 Å². The van der Waals surface area contributed by atoms with Gasteiger partial charge in [0.1, 0.15) is 11.5 Å². The fourth-order valence-corrected chi connectivity index (χ4v) is 2.53. The van der Waals surface area contributed by atoms with Gasteiger partial charge in [-0.25, -0.2) is 0 Å². The van der Waals surface area contributed by atoms with Crippen molar-refractivity contribution in [2.45, 2.75) is 46.6 Å². The highest BCUT2D eigenvalue weighted by atomic mass is 16.5. The molecule has 0 radical (unpaired) electrons.